The van der Waals surface area contributed by atoms with E-state index in [-0.39, 0.29) is 29.9 Å². The first-order chi connectivity index (χ1) is 16.4. The maximum Gasteiger partial charge on any atom is 0.234 e. The van der Waals surface area contributed by atoms with Crippen molar-refractivity contribution >= 4 is 29.1 Å². The lowest BCUT2D eigenvalue weighted by Crippen LogP contribution is -2.46. The number of ether oxygens (including phenoxy) is 1. The van der Waals surface area contributed by atoms with Gasteiger partial charge in [0.1, 0.15) is 5.60 Å². The van der Waals surface area contributed by atoms with Gasteiger partial charge in [-0.25, -0.2) is 0 Å². The summed E-state index contributed by atoms with van der Waals surface area (Å²) in [5, 5.41) is 5.85. The van der Waals surface area contributed by atoms with E-state index >= 15 is 0 Å². The minimum atomic E-state index is -0.770. The molecule has 5 rings (SSSR count). The molecule has 176 valence electrons. The average Bonchev–Trinajstić information content (AvgIpc) is 3.47. The third kappa shape index (κ3) is 4.01. The maximum absolute atomic E-state index is 13.5. The number of amides is 3. The molecule has 2 N–H and O–H groups in total. The van der Waals surface area contributed by atoms with Crippen LogP contribution in [0.5, 0.6) is 0 Å². The topological polar surface area (TPSA) is 87.7 Å². The van der Waals surface area contributed by atoms with Crippen LogP contribution in [0.1, 0.15) is 25.8 Å². The van der Waals surface area contributed by atoms with Crippen LogP contribution in [0.3, 0.4) is 0 Å². The summed E-state index contributed by atoms with van der Waals surface area (Å²) in [6.45, 7) is 3.82. The van der Waals surface area contributed by atoms with Crippen molar-refractivity contribution in [3.05, 3.63) is 72.3 Å². The molecule has 7 heteroatoms. The van der Waals surface area contributed by atoms with Gasteiger partial charge < -0.3 is 20.3 Å². The summed E-state index contributed by atoms with van der Waals surface area (Å²) < 4.78 is 6.24. The predicted molar refractivity (Wildman–Crippen MR) is 129 cm³/mol. The predicted octanol–water partition coefficient (Wildman–Crippen LogP) is 3.07. The van der Waals surface area contributed by atoms with Crippen LogP contribution in [-0.2, 0) is 25.5 Å². The molecular formula is C27H29N3O4. The molecule has 34 heavy (non-hydrogen) atoms. The zero-order valence-corrected chi connectivity index (χ0v) is 19.4. The van der Waals surface area contributed by atoms with Gasteiger partial charge in [0.15, 0.2) is 0 Å². The molecule has 7 nitrogen and oxygen atoms in total. The standard InChI is InChI=1S/C27H29N3O4/c1-17(8-9-19-6-4-3-5-7-19)28-25(32)23-22-14-15-27(34-22)16-30(26(33)24(23)27)21-12-10-20(11-13-21)29-18(2)31/h3-7,10-15,17,22-24H,8-9,16H2,1-2H3,(H,28,32)(H,29,31)/t17-,22-,23+,24-,27-/m1/s1. The fourth-order valence-electron chi connectivity index (χ4n) is 5.38. The Morgan fingerprint density at radius 3 is 2.59 bits per heavy atom. The third-order valence-electron chi connectivity index (χ3n) is 7.00. The van der Waals surface area contributed by atoms with Crippen molar-refractivity contribution in [3.8, 4) is 0 Å². The van der Waals surface area contributed by atoms with Gasteiger partial charge in [-0.15, -0.1) is 0 Å². The van der Waals surface area contributed by atoms with Crippen molar-refractivity contribution in [2.45, 2.75) is 44.4 Å². The summed E-state index contributed by atoms with van der Waals surface area (Å²) >= 11 is 0. The second-order valence-electron chi connectivity index (χ2n) is 9.49. The molecule has 3 aliphatic rings. The number of anilines is 2. The Labute approximate surface area is 199 Å². The van der Waals surface area contributed by atoms with Crippen LogP contribution in [0.4, 0.5) is 11.4 Å². The number of benzene rings is 2. The third-order valence-corrected chi connectivity index (χ3v) is 7.00. The first-order valence-electron chi connectivity index (χ1n) is 11.8. The van der Waals surface area contributed by atoms with E-state index in [0.29, 0.717) is 12.2 Å². The van der Waals surface area contributed by atoms with Crippen LogP contribution in [0.2, 0.25) is 0 Å². The molecule has 2 aromatic carbocycles. The Hall–Kier alpha value is -3.45. The van der Waals surface area contributed by atoms with E-state index in [1.54, 1.807) is 29.2 Å². The van der Waals surface area contributed by atoms with Crippen LogP contribution in [0, 0.1) is 11.8 Å². The summed E-state index contributed by atoms with van der Waals surface area (Å²) in [7, 11) is 0. The van der Waals surface area contributed by atoms with Gasteiger partial charge in [-0.05, 0) is 49.6 Å². The van der Waals surface area contributed by atoms with E-state index < -0.39 is 17.4 Å². The Morgan fingerprint density at radius 1 is 1.15 bits per heavy atom. The number of hydrogen-bond donors (Lipinski definition) is 2. The number of nitrogens with one attached hydrogen (secondary N) is 2. The molecule has 1 spiro atoms. The molecule has 2 fully saturated rings. The molecule has 2 bridgehead atoms. The lowest BCUT2D eigenvalue weighted by atomic mass is 9.76. The van der Waals surface area contributed by atoms with Gasteiger partial charge in [-0.2, -0.15) is 0 Å². The quantitative estimate of drug-likeness (QED) is 0.623. The molecule has 3 amide bonds. The van der Waals surface area contributed by atoms with Crippen molar-refractivity contribution < 1.29 is 19.1 Å². The highest BCUT2D eigenvalue weighted by molar-refractivity contribution is 6.03. The van der Waals surface area contributed by atoms with Crippen LogP contribution in [0.15, 0.2) is 66.7 Å². The second kappa shape index (κ2) is 8.72. The number of carbonyl (C=O) groups excluding carboxylic acids is 3. The van der Waals surface area contributed by atoms with Gasteiger partial charge in [0.25, 0.3) is 0 Å². The fourth-order valence-corrected chi connectivity index (χ4v) is 5.38. The molecule has 2 saturated heterocycles. The fraction of sp³-hybridized carbons (Fsp3) is 0.370. The van der Waals surface area contributed by atoms with Gasteiger partial charge in [-0.3, -0.25) is 14.4 Å². The van der Waals surface area contributed by atoms with E-state index in [9.17, 15) is 14.4 Å². The Morgan fingerprint density at radius 2 is 1.88 bits per heavy atom. The number of carbonyl (C=O) groups is 3. The minimum absolute atomic E-state index is 0.0132. The van der Waals surface area contributed by atoms with Gasteiger partial charge in [-0.1, -0.05) is 42.5 Å². The molecular weight excluding hydrogens is 430 g/mol. The van der Waals surface area contributed by atoms with E-state index in [0.717, 1.165) is 18.5 Å². The molecule has 0 aromatic heterocycles. The first-order valence-corrected chi connectivity index (χ1v) is 11.8. The summed E-state index contributed by atoms with van der Waals surface area (Å²) in [5.41, 5.74) is 1.85. The Kier molecular flexibility index (Phi) is 5.73. The molecule has 5 atom stereocenters. The smallest absolute Gasteiger partial charge is 0.234 e. The van der Waals surface area contributed by atoms with Crippen LogP contribution >= 0.6 is 0 Å². The molecule has 0 aliphatic carbocycles. The molecule has 3 heterocycles. The van der Waals surface area contributed by atoms with Crippen molar-refractivity contribution in [2.24, 2.45) is 11.8 Å². The SMILES string of the molecule is CC(=O)Nc1ccc(N2C[C@@]34C=C[C@@H](O3)[C@H](C(=O)N[C@H](C)CCc3ccccc3)[C@@H]4C2=O)cc1. The summed E-state index contributed by atoms with van der Waals surface area (Å²) in [4.78, 5) is 39.8. The monoisotopic (exact) mass is 459 g/mol. The molecule has 3 aliphatic heterocycles. The largest absolute Gasteiger partial charge is 0.360 e. The lowest BCUT2D eigenvalue weighted by Gasteiger charge is -2.25. The summed E-state index contributed by atoms with van der Waals surface area (Å²) in [5.74, 6) is -1.46. The Bertz CT molecular complexity index is 1130. The molecule has 0 unspecified atom stereocenters. The Balaban J connectivity index is 1.27. The average molecular weight is 460 g/mol. The van der Waals surface area contributed by atoms with E-state index in [1.165, 1.54) is 12.5 Å². The lowest BCUT2D eigenvalue weighted by molar-refractivity contribution is -0.132. The highest BCUT2D eigenvalue weighted by atomic mass is 16.5. The van der Waals surface area contributed by atoms with Crippen LogP contribution in [-0.4, -0.2) is 42.0 Å². The number of hydrogen-bond acceptors (Lipinski definition) is 4. The number of nitrogens with zero attached hydrogens (tertiary/aromatic N) is 1. The maximum atomic E-state index is 13.5. The zero-order chi connectivity index (χ0) is 23.9. The summed E-state index contributed by atoms with van der Waals surface area (Å²) in [6.07, 6.45) is 5.20. The normalized spacial score (nSPS) is 27.5. The molecule has 0 radical (unpaired) electrons. The van der Waals surface area contributed by atoms with Crippen molar-refractivity contribution in [1.82, 2.24) is 5.32 Å². The van der Waals surface area contributed by atoms with Crippen molar-refractivity contribution in [1.29, 1.82) is 0 Å². The number of fused-ring (bicyclic) bond motifs is 1. The van der Waals surface area contributed by atoms with Gasteiger partial charge in [0.05, 0.1) is 24.5 Å². The van der Waals surface area contributed by atoms with E-state index in [2.05, 4.69) is 22.8 Å². The van der Waals surface area contributed by atoms with Gasteiger partial charge in [0, 0.05) is 24.3 Å². The van der Waals surface area contributed by atoms with Crippen molar-refractivity contribution in [2.75, 3.05) is 16.8 Å². The minimum Gasteiger partial charge on any atom is -0.360 e. The van der Waals surface area contributed by atoms with Gasteiger partial charge >= 0.3 is 0 Å². The number of aryl methyl sites for hydroxylation is 1. The first kappa shape index (κ1) is 22.3. The van der Waals surface area contributed by atoms with Crippen LogP contribution < -0.4 is 15.5 Å². The second-order valence-corrected chi connectivity index (χ2v) is 9.49. The molecule has 2 aromatic rings. The van der Waals surface area contributed by atoms with Crippen molar-refractivity contribution in [3.63, 3.8) is 0 Å². The highest BCUT2D eigenvalue weighted by Crippen LogP contribution is 2.52. The summed E-state index contributed by atoms with van der Waals surface area (Å²) in [6, 6.07) is 17.3. The van der Waals surface area contributed by atoms with Crippen LogP contribution in [0.25, 0.3) is 0 Å². The molecule has 0 saturated carbocycles. The number of rotatable bonds is 7. The highest BCUT2D eigenvalue weighted by Gasteiger charge is 2.67. The zero-order valence-electron chi connectivity index (χ0n) is 19.4. The van der Waals surface area contributed by atoms with Gasteiger partial charge in [0.2, 0.25) is 17.7 Å². The van der Waals surface area contributed by atoms with E-state index in [1.807, 2.05) is 37.3 Å². The van der Waals surface area contributed by atoms with E-state index in [4.69, 9.17) is 4.74 Å².